The summed E-state index contributed by atoms with van der Waals surface area (Å²) >= 11 is 5.91. The highest BCUT2D eigenvalue weighted by Crippen LogP contribution is 2.27. The Balaban J connectivity index is 1.78. The number of anilines is 1. The molecule has 1 amide bonds. The largest absolute Gasteiger partial charge is 0.333 e. The number of benzene rings is 2. The van der Waals surface area contributed by atoms with Crippen LogP contribution in [-0.4, -0.2) is 29.5 Å². The molecule has 4 rings (SSSR count). The van der Waals surface area contributed by atoms with Gasteiger partial charge in [0, 0.05) is 17.6 Å². The molecule has 12 heteroatoms. The fourth-order valence-corrected chi connectivity index (χ4v) is 3.80. The molecule has 0 saturated heterocycles. The molecule has 0 saturated carbocycles. The van der Waals surface area contributed by atoms with Gasteiger partial charge in [-0.1, -0.05) is 41.9 Å². The minimum absolute atomic E-state index is 0.137. The number of halogens is 1. The molecule has 0 bridgehead atoms. The molecule has 2 heterocycles. The lowest BCUT2D eigenvalue weighted by atomic mass is 10.2. The predicted octanol–water partition coefficient (Wildman–Crippen LogP) is 2.63. The van der Waals surface area contributed by atoms with Crippen molar-refractivity contribution in [2.24, 2.45) is 0 Å². The van der Waals surface area contributed by atoms with Crippen LogP contribution in [0.1, 0.15) is 12.5 Å². The quantitative estimate of drug-likeness (QED) is 0.318. The number of fused-ring (bicyclic) bond motifs is 1. The van der Waals surface area contributed by atoms with Crippen LogP contribution in [0.3, 0.4) is 0 Å². The molecule has 1 N–H and O–H groups in total. The molecule has 11 nitrogen and oxygen atoms in total. The van der Waals surface area contributed by atoms with E-state index in [1.807, 2.05) is 37.3 Å². The molecule has 34 heavy (non-hydrogen) atoms. The van der Waals surface area contributed by atoms with E-state index in [1.54, 1.807) is 4.57 Å². The molecule has 0 unspecified atom stereocenters. The number of nitro benzene ring substituents is 1. The fourth-order valence-electron chi connectivity index (χ4n) is 3.63. The van der Waals surface area contributed by atoms with Crippen molar-refractivity contribution in [3.05, 3.63) is 96.4 Å². The number of hydrogen-bond donors (Lipinski definition) is 1. The van der Waals surface area contributed by atoms with Crippen LogP contribution in [0.25, 0.3) is 11.2 Å². The molecule has 0 spiro atoms. The van der Waals surface area contributed by atoms with E-state index in [0.29, 0.717) is 6.54 Å². The van der Waals surface area contributed by atoms with Gasteiger partial charge in [0.25, 0.3) is 11.2 Å². The second-order valence-corrected chi connectivity index (χ2v) is 7.85. The first-order valence-electron chi connectivity index (χ1n) is 10.3. The molecule has 174 valence electrons. The second-order valence-electron chi connectivity index (χ2n) is 7.42. The minimum atomic E-state index is -0.794. The summed E-state index contributed by atoms with van der Waals surface area (Å²) in [6.07, 6.45) is 1.47. The number of aryl methyl sites for hydroxylation is 1. The number of nitrogens with zero attached hydrogens (tertiary/aromatic N) is 5. The molecule has 0 radical (unpaired) electrons. The SMILES string of the molecule is CCn1cnc2c1c(=O)n(CC(=O)Nc1cc(Cl)ccc1[N+](=O)[O-])c(=O)n2Cc1ccccc1. The summed E-state index contributed by atoms with van der Waals surface area (Å²) in [5.41, 5.74) is -0.715. The van der Waals surface area contributed by atoms with Gasteiger partial charge in [-0.2, -0.15) is 0 Å². The summed E-state index contributed by atoms with van der Waals surface area (Å²) in [5, 5.41) is 13.8. The predicted molar refractivity (Wildman–Crippen MR) is 126 cm³/mol. The van der Waals surface area contributed by atoms with E-state index >= 15 is 0 Å². The molecule has 2 aromatic carbocycles. The molecule has 0 fully saturated rings. The zero-order valence-electron chi connectivity index (χ0n) is 18.0. The van der Waals surface area contributed by atoms with E-state index in [-0.39, 0.29) is 34.1 Å². The van der Waals surface area contributed by atoms with Crippen LogP contribution in [0, 0.1) is 10.1 Å². The van der Waals surface area contributed by atoms with E-state index in [2.05, 4.69) is 10.3 Å². The summed E-state index contributed by atoms with van der Waals surface area (Å²) in [7, 11) is 0. The highest BCUT2D eigenvalue weighted by atomic mass is 35.5. The van der Waals surface area contributed by atoms with Crippen molar-refractivity contribution in [3.63, 3.8) is 0 Å². The summed E-state index contributed by atoms with van der Waals surface area (Å²) in [5.74, 6) is -0.794. The number of nitrogens with one attached hydrogen (secondary N) is 1. The van der Waals surface area contributed by atoms with Crippen molar-refractivity contribution in [2.45, 2.75) is 26.6 Å². The van der Waals surface area contributed by atoms with Crippen LogP contribution in [0.5, 0.6) is 0 Å². The van der Waals surface area contributed by atoms with Gasteiger partial charge in [-0.15, -0.1) is 0 Å². The fraction of sp³-hybridized carbons (Fsp3) is 0.182. The third-order valence-corrected chi connectivity index (χ3v) is 5.47. The third-order valence-electron chi connectivity index (χ3n) is 5.24. The lowest BCUT2D eigenvalue weighted by Crippen LogP contribution is -2.43. The van der Waals surface area contributed by atoms with Gasteiger partial charge >= 0.3 is 5.69 Å². The average Bonchev–Trinajstić information content (AvgIpc) is 3.24. The van der Waals surface area contributed by atoms with E-state index < -0.39 is 28.6 Å². The maximum atomic E-state index is 13.3. The maximum Gasteiger partial charge on any atom is 0.333 e. The van der Waals surface area contributed by atoms with Gasteiger partial charge in [-0.05, 0) is 24.6 Å². The average molecular weight is 483 g/mol. The smallest absolute Gasteiger partial charge is 0.325 e. The number of nitro groups is 1. The number of carbonyl (C=O) groups excluding carboxylic acids is 1. The van der Waals surface area contributed by atoms with Crippen molar-refractivity contribution in [1.29, 1.82) is 0 Å². The monoisotopic (exact) mass is 482 g/mol. The van der Waals surface area contributed by atoms with Crippen LogP contribution < -0.4 is 16.6 Å². The number of carbonyl (C=O) groups is 1. The number of aromatic nitrogens is 4. The van der Waals surface area contributed by atoms with Crippen LogP contribution in [-0.2, 0) is 24.4 Å². The standard InChI is InChI=1S/C22H19ClN6O5/c1-2-26-13-24-20-19(26)21(31)28(22(32)27(20)11-14-6-4-3-5-7-14)12-18(30)25-16-10-15(23)8-9-17(16)29(33)34/h3-10,13H,2,11-12H2,1H3,(H,25,30). The van der Waals surface area contributed by atoms with Crippen molar-refractivity contribution in [2.75, 3.05) is 5.32 Å². The van der Waals surface area contributed by atoms with Crippen molar-refractivity contribution in [1.82, 2.24) is 18.7 Å². The number of amides is 1. The zero-order valence-corrected chi connectivity index (χ0v) is 18.7. The van der Waals surface area contributed by atoms with Crippen LogP contribution >= 0.6 is 11.6 Å². The first kappa shape index (κ1) is 22.9. The minimum Gasteiger partial charge on any atom is -0.325 e. The Bertz CT molecular complexity index is 1520. The molecular formula is C22H19ClN6O5. The Morgan fingerprint density at radius 3 is 2.56 bits per heavy atom. The van der Waals surface area contributed by atoms with Crippen LogP contribution in [0.4, 0.5) is 11.4 Å². The van der Waals surface area contributed by atoms with Crippen molar-refractivity contribution in [3.8, 4) is 0 Å². The van der Waals surface area contributed by atoms with E-state index in [0.717, 1.165) is 16.2 Å². The van der Waals surface area contributed by atoms with Crippen LogP contribution in [0.15, 0.2) is 64.4 Å². The van der Waals surface area contributed by atoms with E-state index in [1.165, 1.54) is 23.0 Å². The zero-order chi connectivity index (χ0) is 24.4. The number of imidazole rings is 1. The molecule has 0 aliphatic carbocycles. The number of rotatable bonds is 7. The van der Waals surface area contributed by atoms with Gasteiger partial charge in [0.15, 0.2) is 11.2 Å². The van der Waals surface area contributed by atoms with Gasteiger partial charge in [-0.25, -0.2) is 14.3 Å². The Morgan fingerprint density at radius 2 is 1.88 bits per heavy atom. The lowest BCUT2D eigenvalue weighted by Gasteiger charge is -2.13. The summed E-state index contributed by atoms with van der Waals surface area (Å²) in [4.78, 5) is 54.1. The molecule has 2 aromatic heterocycles. The van der Waals surface area contributed by atoms with Gasteiger partial charge in [0.05, 0.1) is 17.8 Å². The Morgan fingerprint density at radius 1 is 1.15 bits per heavy atom. The van der Waals surface area contributed by atoms with E-state index in [9.17, 15) is 24.5 Å². The molecule has 0 aliphatic heterocycles. The number of hydrogen-bond acceptors (Lipinski definition) is 6. The third kappa shape index (κ3) is 4.33. The van der Waals surface area contributed by atoms with Gasteiger partial charge in [0.1, 0.15) is 12.2 Å². The molecule has 0 atom stereocenters. The molecule has 4 aromatic rings. The topological polar surface area (TPSA) is 134 Å². The highest BCUT2D eigenvalue weighted by Gasteiger charge is 2.21. The van der Waals surface area contributed by atoms with Gasteiger partial charge in [0.2, 0.25) is 5.91 Å². The van der Waals surface area contributed by atoms with E-state index in [4.69, 9.17) is 11.6 Å². The van der Waals surface area contributed by atoms with Crippen molar-refractivity contribution < 1.29 is 9.72 Å². The summed E-state index contributed by atoms with van der Waals surface area (Å²) in [6.45, 7) is 1.73. The Kier molecular flexibility index (Phi) is 6.28. The maximum absolute atomic E-state index is 13.3. The van der Waals surface area contributed by atoms with Crippen LogP contribution in [0.2, 0.25) is 5.02 Å². The van der Waals surface area contributed by atoms with Gasteiger partial charge in [-0.3, -0.25) is 24.3 Å². The normalized spacial score (nSPS) is 11.0. The van der Waals surface area contributed by atoms with Crippen molar-refractivity contribution >= 4 is 40.0 Å². The second kappa shape index (κ2) is 9.32. The summed E-state index contributed by atoms with van der Waals surface area (Å²) in [6, 6.07) is 12.8. The Labute approximate surface area is 197 Å². The van der Waals surface area contributed by atoms with Gasteiger partial charge < -0.3 is 9.88 Å². The highest BCUT2D eigenvalue weighted by molar-refractivity contribution is 6.31. The summed E-state index contributed by atoms with van der Waals surface area (Å²) < 4.78 is 3.72. The first-order valence-corrected chi connectivity index (χ1v) is 10.6. The lowest BCUT2D eigenvalue weighted by molar-refractivity contribution is -0.383. The molecule has 0 aliphatic rings. The first-order chi connectivity index (χ1) is 16.3. The Hall–Kier alpha value is -4.25. The molecular weight excluding hydrogens is 464 g/mol.